The third kappa shape index (κ3) is 5.05. The highest BCUT2D eigenvalue weighted by Crippen LogP contribution is 2.19. The van der Waals surface area contributed by atoms with Gasteiger partial charge in [-0.25, -0.2) is 0 Å². The third-order valence-corrected chi connectivity index (χ3v) is 3.70. The highest BCUT2D eigenvalue weighted by atomic mass is 16.5. The lowest BCUT2D eigenvalue weighted by molar-refractivity contribution is -0.132. The average Bonchev–Trinajstić information content (AvgIpc) is 2.48. The quantitative estimate of drug-likeness (QED) is 0.800. The Labute approximate surface area is 128 Å². The summed E-state index contributed by atoms with van der Waals surface area (Å²) in [5, 5.41) is 3.38. The summed E-state index contributed by atoms with van der Waals surface area (Å²) in [4.78, 5) is 14.1. The molecule has 118 valence electrons. The summed E-state index contributed by atoms with van der Waals surface area (Å²) in [6.07, 6.45) is 0.833. The second-order valence-corrected chi connectivity index (χ2v) is 5.32. The van der Waals surface area contributed by atoms with E-state index in [0.717, 1.165) is 30.8 Å². The van der Waals surface area contributed by atoms with Crippen LogP contribution in [0.2, 0.25) is 0 Å². The molecule has 4 nitrogen and oxygen atoms in total. The Hall–Kier alpha value is -1.55. The van der Waals surface area contributed by atoms with Crippen molar-refractivity contribution in [1.29, 1.82) is 0 Å². The summed E-state index contributed by atoms with van der Waals surface area (Å²) < 4.78 is 5.37. The molecule has 1 amide bonds. The zero-order valence-corrected chi connectivity index (χ0v) is 13.8. The third-order valence-electron chi connectivity index (χ3n) is 3.70. The van der Waals surface area contributed by atoms with Gasteiger partial charge in [-0.1, -0.05) is 18.2 Å². The Balaban J connectivity index is 2.60. The van der Waals surface area contributed by atoms with Gasteiger partial charge in [0.1, 0.15) is 5.75 Å². The molecule has 0 aliphatic carbocycles. The first kappa shape index (κ1) is 17.5. The van der Waals surface area contributed by atoms with Gasteiger partial charge < -0.3 is 15.0 Å². The van der Waals surface area contributed by atoms with Gasteiger partial charge in [0.15, 0.2) is 0 Å². The number of ether oxygens (including phenoxy) is 1. The van der Waals surface area contributed by atoms with Crippen LogP contribution in [0, 0.1) is 0 Å². The zero-order chi connectivity index (χ0) is 15.8. The number of nitrogens with zero attached hydrogens (tertiary/aromatic N) is 1. The normalized spacial score (nSPS) is 13.6. The van der Waals surface area contributed by atoms with Gasteiger partial charge in [0.05, 0.1) is 13.2 Å². The molecule has 1 N–H and O–H groups in total. The predicted octanol–water partition coefficient (Wildman–Crippen LogP) is 2.47. The Kier molecular flexibility index (Phi) is 7.23. The van der Waals surface area contributed by atoms with Gasteiger partial charge in [0.2, 0.25) is 5.91 Å². The van der Waals surface area contributed by atoms with Crippen LogP contribution in [0.4, 0.5) is 0 Å². The van der Waals surface area contributed by atoms with Crippen LogP contribution in [0.1, 0.15) is 33.3 Å². The van der Waals surface area contributed by atoms with Crippen LogP contribution in [-0.4, -0.2) is 43.1 Å². The molecule has 0 spiro atoms. The van der Waals surface area contributed by atoms with Crippen molar-refractivity contribution in [2.45, 2.75) is 46.2 Å². The fourth-order valence-electron chi connectivity index (χ4n) is 2.57. The highest BCUT2D eigenvalue weighted by molar-refractivity contribution is 5.81. The molecule has 0 radical (unpaired) electrons. The first-order valence-corrected chi connectivity index (χ1v) is 7.70. The molecule has 1 aromatic rings. The molecule has 0 aliphatic heterocycles. The van der Waals surface area contributed by atoms with E-state index in [1.165, 1.54) is 0 Å². The van der Waals surface area contributed by atoms with E-state index in [-0.39, 0.29) is 18.0 Å². The number of nitrogens with one attached hydrogen (secondary N) is 1. The lowest BCUT2D eigenvalue weighted by atomic mass is 10.1. The fourth-order valence-corrected chi connectivity index (χ4v) is 2.57. The first-order valence-electron chi connectivity index (χ1n) is 7.70. The summed E-state index contributed by atoms with van der Waals surface area (Å²) >= 11 is 0. The predicted molar refractivity (Wildman–Crippen MR) is 86.7 cm³/mol. The Morgan fingerprint density at radius 3 is 2.43 bits per heavy atom. The second-order valence-electron chi connectivity index (χ2n) is 5.32. The number of methoxy groups -OCH3 is 1. The van der Waals surface area contributed by atoms with Crippen molar-refractivity contribution in [3.8, 4) is 5.75 Å². The number of para-hydroxylation sites is 1. The number of hydrogen-bond donors (Lipinski definition) is 1. The number of amides is 1. The summed E-state index contributed by atoms with van der Waals surface area (Å²) in [5.74, 6) is 1.06. The molecular formula is C17H28N2O2. The van der Waals surface area contributed by atoms with Crippen molar-refractivity contribution in [2.75, 3.05) is 20.2 Å². The van der Waals surface area contributed by atoms with E-state index in [9.17, 15) is 4.79 Å². The van der Waals surface area contributed by atoms with Gasteiger partial charge in [-0.15, -0.1) is 0 Å². The van der Waals surface area contributed by atoms with E-state index < -0.39 is 0 Å². The molecule has 2 unspecified atom stereocenters. The average molecular weight is 292 g/mol. The van der Waals surface area contributed by atoms with Gasteiger partial charge >= 0.3 is 0 Å². The van der Waals surface area contributed by atoms with Crippen LogP contribution in [-0.2, 0) is 11.2 Å². The van der Waals surface area contributed by atoms with Crippen LogP contribution in [0.5, 0.6) is 5.75 Å². The minimum atomic E-state index is -0.172. The lowest BCUT2D eigenvalue weighted by Crippen LogP contribution is -2.48. The molecule has 2 atom stereocenters. The van der Waals surface area contributed by atoms with E-state index in [4.69, 9.17) is 4.74 Å². The Morgan fingerprint density at radius 1 is 1.24 bits per heavy atom. The minimum absolute atomic E-state index is 0.159. The molecule has 0 saturated heterocycles. The summed E-state index contributed by atoms with van der Waals surface area (Å²) in [6, 6.07) is 8.04. The van der Waals surface area contributed by atoms with E-state index in [0.29, 0.717) is 0 Å². The van der Waals surface area contributed by atoms with Gasteiger partial charge in [-0.05, 0) is 45.7 Å². The number of rotatable bonds is 8. The number of likely N-dealkylation sites (N-methyl/N-ethyl adjacent to an activating group) is 1. The van der Waals surface area contributed by atoms with E-state index >= 15 is 0 Å². The van der Waals surface area contributed by atoms with Crippen molar-refractivity contribution in [3.63, 3.8) is 0 Å². The first-order chi connectivity index (χ1) is 10.0. The second kappa shape index (κ2) is 8.67. The number of carbonyl (C=O) groups is 1. The topological polar surface area (TPSA) is 41.6 Å². The molecule has 0 aliphatic rings. The molecule has 0 heterocycles. The van der Waals surface area contributed by atoms with Crippen molar-refractivity contribution in [2.24, 2.45) is 0 Å². The molecule has 1 rings (SSSR count). The largest absolute Gasteiger partial charge is 0.496 e. The van der Waals surface area contributed by atoms with Crippen LogP contribution < -0.4 is 10.1 Å². The zero-order valence-electron chi connectivity index (χ0n) is 13.8. The van der Waals surface area contributed by atoms with E-state index in [1.807, 2.05) is 43.9 Å². The van der Waals surface area contributed by atoms with Crippen molar-refractivity contribution < 1.29 is 9.53 Å². The molecule has 4 heteroatoms. The highest BCUT2D eigenvalue weighted by Gasteiger charge is 2.20. The fraction of sp³-hybridized carbons (Fsp3) is 0.588. The van der Waals surface area contributed by atoms with Crippen molar-refractivity contribution in [1.82, 2.24) is 10.2 Å². The van der Waals surface area contributed by atoms with Crippen LogP contribution >= 0.6 is 0 Å². The van der Waals surface area contributed by atoms with Crippen molar-refractivity contribution >= 4 is 5.91 Å². The minimum Gasteiger partial charge on any atom is -0.496 e. The summed E-state index contributed by atoms with van der Waals surface area (Å²) in [7, 11) is 1.68. The Morgan fingerprint density at radius 2 is 1.86 bits per heavy atom. The summed E-state index contributed by atoms with van der Waals surface area (Å²) in [6.45, 7) is 9.54. The molecule has 0 fully saturated rings. The van der Waals surface area contributed by atoms with Crippen molar-refractivity contribution in [3.05, 3.63) is 29.8 Å². The number of carbonyl (C=O) groups excluding carboxylic acids is 1. The molecular weight excluding hydrogens is 264 g/mol. The SMILES string of the molecule is CCN(CC)C(=O)C(C)NC(C)Cc1ccccc1OC. The number of hydrogen-bond acceptors (Lipinski definition) is 3. The van der Waals surface area contributed by atoms with Gasteiger partial charge in [-0.2, -0.15) is 0 Å². The maximum atomic E-state index is 12.3. The maximum absolute atomic E-state index is 12.3. The molecule has 21 heavy (non-hydrogen) atoms. The van der Waals surface area contributed by atoms with Crippen LogP contribution in [0.25, 0.3) is 0 Å². The lowest BCUT2D eigenvalue weighted by Gasteiger charge is -2.26. The molecule has 0 bridgehead atoms. The van der Waals surface area contributed by atoms with E-state index in [2.05, 4.69) is 18.3 Å². The van der Waals surface area contributed by atoms with E-state index in [1.54, 1.807) is 7.11 Å². The Bertz CT molecular complexity index is 444. The standard InChI is InChI=1S/C17H28N2O2/c1-6-19(7-2)17(20)14(4)18-13(3)12-15-10-8-9-11-16(15)21-5/h8-11,13-14,18H,6-7,12H2,1-5H3. The molecule has 0 saturated carbocycles. The molecule has 0 aromatic heterocycles. The monoisotopic (exact) mass is 292 g/mol. The smallest absolute Gasteiger partial charge is 0.239 e. The van der Waals surface area contributed by atoms with Crippen LogP contribution in [0.15, 0.2) is 24.3 Å². The van der Waals surface area contributed by atoms with Gasteiger partial charge in [-0.3, -0.25) is 4.79 Å². The van der Waals surface area contributed by atoms with Gasteiger partial charge in [0.25, 0.3) is 0 Å². The van der Waals surface area contributed by atoms with Crippen LogP contribution in [0.3, 0.4) is 0 Å². The molecule has 1 aromatic carbocycles. The van der Waals surface area contributed by atoms with Gasteiger partial charge in [0, 0.05) is 19.1 Å². The number of benzene rings is 1. The summed E-state index contributed by atoms with van der Waals surface area (Å²) in [5.41, 5.74) is 1.16. The maximum Gasteiger partial charge on any atom is 0.239 e.